The van der Waals surface area contributed by atoms with Crippen LogP contribution in [0.3, 0.4) is 0 Å². The van der Waals surface area contributed by atoms with Crippen molar-refractivity contribution in [1.82, 2.24) is 20.2 Å². The highest BCUT2D eigenvalue weighted by Crippen LogP contribution is 2.16. The van der Waals surface area contributed by atoms with Crippen LogP contribution < -0.4 is 10.2 Å². The highest BCUT2D eigenvalue weighted by Gasteiger charge is 2.30. The number of rotatable bonds is 2. The van der Waals surface area contributed by atoms with Crippen molar-refractivity contribution in [2.45, 2.75) is 12.8 Å². The molecule has 0 aromatic carbocycles. The van der Waals surface area contributed by atoms with E-state index in [1.54, 1.807) is 18.5 Å². The van der Waals surface area contributed by atoms with Crippen molar-refractivity contribution in [1.29, 1.82) is 0 Å². The Balaban J connectivity index is 1.53. The lowest BCUT2D eigenvalue weighted by atomic mass is 9.97. The molecule has 1 N–H and O–H groups in total. The minimum atomic E-state index is -0.0674. The number of hydrogen-bond donors (Lipinski definition) is 1. The van der Waals surface area contributed by atoms with E-state index >= 15 is 0 Å². The van der Waals surface area contributed by atoms with Gasteiger partial charge in [0.15, 0.2) is 0 Å². The average Bonchev–Trinajstić information content (AvgIpc) is 2.56. The molecule has 3 heterocycles. The van der Waals surface area contributed by atoms with Crippen LogP contribution in [0.2, 0.25) is 0 Å². The van der Waals surface area contributed by atoms with Gasteiger partial charge in [-0.2, -0.15) is 0 Å². The molecule has 0 radical (unpaired) electrons. The summed E-state index contributed by atoms with van der Waals surface area (Å²) in [5, 5.41) is 2.77. The molecule has 1 atom stereocenters. The topological polar surface area (TPSA) is 78.4 Å². The molecule has 0 spiro atoms. The summed E-state index contributed by atoms with van der Waals surface area (Å²) in [6.45, 7) is 3.33. The van der Waals surface area contributed by atoms with Gasteiger partial charge in [-0.1, -0.05) is 0 Å². The van der Waals surface area contributed by atoms with Gasteiger partial charge in [-0.25, -0.2) is 9.97 Å². The van der Waals surface area contributed by atoms with Crippen molar-refractivity contribution < 1.29 is 9.59 Å². The van der Waals surface area contributed by atoms with Crippen molar-refractivity contribution in [2.24, 2.45) is 5.92 Å². The summed E-state index contributed by atoms with van der Waals surface area (Å²) in [5.41, 5.74) is 0. The van der Waals surface area contributed by atoms with Gasteiger partial charge in [-0.3, -0.25) is 9.59 Å². The van der Waals surface area contributed by atoms with Crippen molar-refractivity contribution >= 4 is 17.8 Å². The van der Waals surface area contributed by atoms with Crippen LogP contribution in [-0.4, -0.2) is 59.4 Å². The van der Waals surface area contributed by atoms with E-state index in [0.717, 1.165) is 19.0 Å². The zero-order valence-electron chi connectivity index (χ0n) is 11.9. The molecule has 0 bridgehead atoms. The van der Waals surface area contributed by atoms with Crippen molar-refractivity contribution in [2.75, 3.05) is 37.6 Å². The Hall–Kier alpha value is -2.18. The molecule has 3 rings (SSSR count). The molecule has 2 saturated heterocycles. The summed E-state index contributed by atoms with van der Waals surface area (Å²) >= 11 is 0. The molecular weight excluding hydrogens is 270 g/mol. The molecule has 0 aliphatic carbocycles. The first kappa shape index (κ1) is 13.8. The van der Waals surface area contributed by atoms with E-state index in [1.165, 1.54) is 0 Å². The molecule has 1 aromatic rings. The molecule has 2 aliphatic rings. The van der Waals surface area contributed by atoms with Crippen molar-refractivity contribution in [3.8, 4) is 0 Å². The van der Waals surface area contributed by atoms with E-state index in [0.29, 0.717) is 32.5 Å². The fraction of sp³-hybridized carbons (Fsp3) is 0.571. The van der Waals surface area contributed by atoms with Gasteiger partial charge < -0.3 is 15.1 Å². The number of piperazine rings is 1. The standard InChI is InChI=1S/C14H19N5O2/c20-12-3-2-11(10-17-12)13(21)18-6-8-19(9-7-18)14-15-4-1-5-16-14/h1,4-5,11H,2-3,6-10H2,(H,17,20)/t11-/m1/s1. The third kappa shape index (κ3) is 3.12. The molecule has 112 valence electrons. The largest absolute Gasteiger partial charge is 0.355 e. The predicted octanol–water partition coefficient (Wildman–Crippen LogP) is -0.349. The maximum absolute atomic E-state index is 12.4. The number of anilines is 1. The van der Waals surface area contributed by atoms with Gasteiger partial charge in [0.05, 0.1) is 5.92 Å². The third-order valence-electron chi connectivity index (χ3n) is 4.04. The minimum absolute atomic E-state index is 0.0464. The summed E-state index contributed by atoms with van der Waals surface area (Å²) in [6.07, 6.45) is 4.57. The van der Waals surface area contributed by atoms with E-state index < -0.39 is 0 Å². The molecule has 0 saturated carbocycles. The van der Waals surface area contributed by atoms with Gasteiger partial charge in [-0.05, 0) is 12.5 Å². The van der Waals surface area contributed by atoms with E-state index in [9.17, 15) is 9.59 Å². The van der Waals surface area contributed by atoms with Gasteiger partial charge in [0.1, 0.15) is 0 Å². The van der Waals surface area contributed by atoms with Crippen LogP contribution in [0.4, 0.5) is 5.95 Å². The molecule has 2 aliphatic heterocycles. The molecule has 0 unspecified atom stereocenters. The lowest BCUT2D eigenvalue weighted by Gasteiger charge is -2.37. The first-order valence-corrected chi connectivity index (χ1v) is 7.31. The summed E-state index contributed by atoms with van der Waals surface area (Å²) in [6, 6.07) is 1.79. The van der Waals surface area contributed by atoms with Crippen LogP contribution in [0.5, 0.6) is 0 Å². The van der Waals surface area contributed by atoms with E-state index in [2.05, 4.69) is 20.2 Å². The van der Waals surface area contributed by atoms with E-state index in [4.69, 9.17) is 0 Å². The molecule has 1 aromatic heterocycles. The fourth-order valence-corrected chi connectivity index (χ4v) is 2.78. The van der Waals surface area contributed by atoms with Gasteiger partial charge in [0, 0.05) is 51.5 Å². The first-order valence-electron chi connectivity index (χ1n) is 7.31. The zero-order valence-corrected chi connectivity index (χ0v) is 11.9. The summed E-state index contributed by atoms with van der Waals surface area (Å²) in [7, 11) is 0. The highest BCUT2D eigenvalue weighted by molar-refractivity contribution is 5.83. The molecule has 7 heteroatoms. The second-order valence-corrected chi connectivity index (χ2v) is 5.40. The van der Waals surface area contributed by atoms with Crippen LogP contribution >= 0.6 is 0 Å². The first-order chi connectivity index (χ1) is 10.2. The Morgan fingerprint density at radius 1 is 1.19 bits per heavy atom. The fourth-order valence-electron chi connectivity index (χ4n) is 2.78. The Morgan fingerprint density at radius 2 is 1.90 bits per heavy atom. The SMILES string of the molecule is O=C1CC[C@@H](C(=O)N2CCN(c3ncccn3)CC2)CN1. The van der Waals surface area contributed by atoms with Crippen molar-refractivity contribution in [3.05, 3.63) is 18.5 Å². The number of nitrogens with one attached hydrogen (secondary N) is 1. The number of nitrogens with zero attached hydrogens (tertiary/aromatic N) is 4. The normalized spacial score (nSPS) is 22.9. The van der Waals surface area contributed by atoms with Crippen LogP contribution in [0.25, 0.3) is 0 Å². The Morgan fingerprint density at radius 3 is 2.52 bits per heavy atom. The van der Waals surface area contributed by atoms with Crippen molar-refractivity contribution in [3.63, 3.8) is 0 Å². The number of piperidine rings is 1. The molecule has 2 amide bonds. The Bertz CT molecular complexity index is 503. The summed E-state index contributed by atoms with van der Waals surface area (Å²) in [4.78, 5) is 36.0. The van der Waals surface area contributed by atoms with Gasteiger partial charge in [-0.15, -0.1) is 0 Å². The zero-order chi connectivity index (χ0) is 14.7. The lowest BCUT2D eigenvalue weighted by molar-refractivity contribution is -0.137. The molecule has 21 heavy (non-hydrogen) atoms. The number of carbonyl (C=O) groups excluding carboxylic acids is 2. The average molecular weight is 289 g/mol. The Kier molecular flexibility index (Phi) is 3.98. The summed E-state index contributed by atoms with van der Waals surface area (Å²) in [5.74, 6) is 0.852. The number of aromatic nitrogens is 2. The third-order valence-corrected chi connectivity index (χ3v) is 4.04. The van der Waals surface area contributed by atoms with Gasteiger partial charge in [0.2, 0.25) is 17.8 Å². The van der Waals surface area contributed by atoms with Gasteiger partial charge in [0.25, 0.3) is 0 Å². The molecule has 7 nitrogen and oxygen atoms in total. The number of hydrogen-bond acceptors (Lipinski definition) is 5. The van der Waals surface area contributed by atoms with Gasteiger partial charge >= 0.3 is 0 Å². The molecule has 2 fully saturated rings. The smallest absolute Gasteiger partial charge is 0.227 e. The van der Waals surface area contributed by atoms with Crippen LogP contribution in [0.1, 0.15) is 12.8 Å². The highest BCUT2D eigenvalue weighted by atomic mass is 16.2. The maximum Gasteiger partial charge on any atom is 0.227 e. The maximum atomic E-state index is 12.4. The molecular formula is C14H19N5O2. The minimum Gasteiger partial charge on any atom is -0.355 e. The second kappa shape index (κ2) is 6.07. The van der Waals surface area contributed by atoms with E-state index in [1.807, 2.05) is 4.90 Å². The second-order valence-electron chi connectivity index (χ2n) is 5.40. The predicted molar refractivity (Wildman–Crippen MR) is 76.6 cm³/mol. The monoisotopic (exact) mass is 289 g/mol. The quantitative estimate of drug-likeness (QED) is 0.805. The summed E-state index contributed by atoms with van der Waals surface area (Å²) < 4.78 is 0. The van der Waals surface area contributed by atoms with Crippen LogP contribution in [0.15, 0.2) is 18.5 Å². The van der Waals surface area contributed by atoms with E-state index in [-0.39, 0.29) is 17.7 Å². The number of amides is 2. The number of carbonyl (C=O) groups is 2. The van der Waals surface area contributed by atoms with Crippen LogP contribution in [-0.2, 0) is 9.59 Å². The van der Waals surface area contributed by atoms with Crippen LogP contribution in [0, 0.1) is 5.92 Å². The Labute approximate surface area is 123 Å². The lowest BCUT2D eigenvalue weighted by Crippen LogP contribution is -2.53.